The van der Waals surface area contributed by atoms with Gasteiger partial charge in [0, 0.05) is 6.54 Å². The predicted octanol–water partition coefficient (Wildman–Crippen LogP) is 1.93. The number of nitrogens with zero attached hydrogens (tertiary/aromatic N) is 1. The monoisotopic (exact) mass is 303 g/mol. The number of carbonyl (C=O) groups excluding carboxylic acids is 2. The van der Waals surface area contributed by atoms with Crippen molar-refractivity contribution in [1.82, 2.24) is 15.5 Å². The van der Waals surface area contributed by atoms with E-state index in [-0.39, 0.29) is 11.9 Å². The molecule has 22 heavy (non-hydrogen) atoms. The number of nitrogens with one attached hydrogen (secondary N) is 2. The minimum Gasteiger partial charge on any atom is -0.333 e. The number of benzene rings is 1. The van der Waals surface area contributed by atoms with Gasteiger partial charge in [-0.05, 0) is 23.6 Å². The molecule has 0 saturated heterocycles. The van der Waals surface area contributed by atoms with Gasteiger partial charge >= 0.3 is 6.03 Å². The average Bonchev–Trinajstić information content (AvgIpc) is 2.73. The first-order valence-corrected chi connectivity index (χ1v) is 7.31. The van der Waals surface area contributed by atoms with Crippen molar-refractivity contribution >= 4 is 11.9 Å². The molecule has 1 atom stereocenters. The first-order valence-electron chi connectivity index (χ1n) is 7.31. The molecule has 0 saturated carbocycles. The van der Waals surface area contributed by atoms with Crippen LogP contribution in [-0.2, 0) is 4.79 Å². The van der Waals surface area contributed by atoms with Crippen LogP contribution < -0.4 is 10.6 Å². The molecule has 2 heterocycles. The van der Waals surface area contributed by atoms with E-state index >= 15 is 0 Å². The van der Waals surface area contributed by atoms with Crippen molar-refractivity contribution in [3.8, 4) is 0 Å². The first kappa shape index (κ1) is 14.6. The van der Waals surface area contributed by atoms with E-state index in [9.17, 15) is 14.0 Å². The highest BCUT2D eigenvalue weighted by Crippen LogP contribution is 2.32. The van der Waals surface area contributed by atoms with Crippen LogP contribution in [0.25, 0.3) is 0 Å². The van der Waals surface area contributed by atoms with Gasteiger partial charge in [0.15, 0.2) is 0 Å². The molecule has 1 aromatic rings. The molecule has 3 amide bonds. The zero-order valence-electron chi connectivity index (χ0n) is 12.5. The van der Waals surface area contributed by atoms with E-state index in [1.165, 1.54) is 12.1 Å². The second-order valence-corrected chi connectivity index (χ2v) is 6.06. The van der Waals surface area contributed by atoms with E-state index in [2.05, 4.69) is 10.6 Å². The standard InChI is InChI=1S/C16H18FN3O2/c1-9(2)7-20-8-12-13(15(20)21)14(19-16(22)18-12)10-4-3-5-11(17)6-10/h3-6,9,14H,7-8H2,1-2H3,(H2,18,19,22). The first-order chi connectivity index (χ1) is 10.5. The minimum absolute atomic E-state index is 0.106. The third-order valence-electron chi connectivity index (χ3n) is 3.79. The van der Waals surface area contributed by atoms with Gasteiger partial charge in [0.25, 0.3) is 5.91 Å². The van der Waals surface area contributed by atoms with Crippen LogP contribution in [0, 0.1) is 11.7 Å². The van der Waals surface area contributed by atoms with Crippen molar-refractivity contribution in [1.29, 1.82) is 0 Å². The topological polar surface area (TPSA) is 61.4 Å². The fraction of sp³-hybridized carbons (Fsp3) is 0.375. The van der Waals surface area contributed by atoms with Gasteiger partial charge in [-0.3, -0.25) is 4.79 Å². The molecule has 1 unspecified atom stereocenters. The maximum absolute atomic E-state index is 13.5. The number of urea groups is 1. The Kier molecular flexibility index (Phi) is 3.60. The third-order valence-corrected chi connectivity index (χ3v) is 3.79. The Hall–Kier alpha value is -2.37. The van der Waals surface area contributed by atoms with Crippen LogP contribution in [0.5, 0.6) is 0 Å². The van der Waals surface area contributed by atoms with Gasteiger partial charge in [0.2, 0.25) is 0 Å². The summed E-state index contributed by atoms with van der Waals surface area (Å²) >= 11 is 0. The van der Waals surface area contributed by atoms with E-state index < -0.39 is 11.9 Å². The Bertz CT molecular complexity index is 669. The molecule has 0 bridgehead atoms. The Labute approximate surface area is 128 Å². The maximum Gasteiger partial charge on any atom is 0.319 e. The van der Waals surface area contributed by atoms with Gasteiger partial charge in [0.05, 0.1) is 23.9 Å². The van der Waals surface area contributed by atoms with Crippen LogP contribution in [0.1, 0.15) is 25.5 Å². The summed E-state index contributed by atoms with van der Waals surface area (Å²) in [7, 11) is 0. The third kappa shape index (κ3) is 2.56. The molecular formula is C16H18FN3O2. The lowest BCUT2D eigenvalue weighted by atomic mass is 9.96. The molecule has 6 heteroatoms. The number of hydrogen-bond acceptors (Lipinski definition) is 2. The molecule has 5 nitrogen and oxygen atoms in total. The highest BCUT2D eigenvalue weighted by atomic mass is 19.1. The molecule has 1 aromatic carbocycles. The fourth-order valence-electron chi connectivity index (χ4n) is 2.95. The number of rotatable bonds is 3. The number of hydrogen-bond donors (Lipinski definition) is 2. The second-order valence-electron chi connectivity index (χ2n) is 6.06. The van der Waals surface area contributed by atoms with E-state index in [0.29, 0.717) is 35.8 Å². The molecule has 0 aromatic heterocycles. The normalized spacial score (nSPS) is 21.1. The number of halogens is 1. The van der Waals surface area contributed by atoms with Crippen molar-refractivity contribution in [2.24, 2.45) is 5.92 Å². The molecular weight excluding hydrogens is 285 g/mol. The molecule has 116 valence electrons. The second kappa shape index (κ2) is 5.44. The van der Waals surface area contributed by atoms with Gasteiger partial charge in [-0.1, -0.05) is 26.0 Å². The lowest BCUT2D eigenvalue weighted by molar-refractivity contribution is -0.126. The van der Waals surface area contributed by atoms with Crippen LogP contribution in [0.15, 0.2) is 35.5 Å². The highest BCUT2D eigenvalue weighted by molar-refractivity contribution is 6.01. The molecule has 2 N–H and O–H groups in total. The van der Waals surface area contributed by atoms with Gasteiger partial charge in [0.1, 0.15) is 5.82 Å². The van der Waals surface area contributed by atoms with Crippen molar-refractivity contribution in [2.45, 2.75) is 19.9 Å². The Morgan fingerprint density at radius 1 is 1.36 bits per heavy atom. The summed E-state index contributed by atoms with van der Waals surface area (Å²) in [4.78, 5) is 26.2. The lowest BCUT2D eigenvalue weighted by Gasteiger charge is -2.25. The van der Waals surface area contributed by atoms with E-state index in [4.69, 9.17) is 0 Å². The molecule has 3 rings (SSSR count). The van der Waals surface area contributed by atoms with Crippen LogP contribution in [0.3, 0.4) is 0 Å². The maximum atomic E-state index is 13.5. The van der Waals surface area contributed by atoms with Crippen LogP contribution >= 0.6 is 0 Å². The van der Waals surface area contributed by atoms with Crippen molar-refractivity contribution in [3.05, 3.63) is 46.9 Å². The van der Waals surface area contributed by atoms with Crippen LogP contribution in [0.2, 0.25) is 0 Å². The van der Waals surface area contributed by atoms with Gasteiger partial charge in [-0.2, -0.15) is 0 Å². The minimum atomic E-state index is -0.607. The summed E-state index contributed by atoms with van der Waals surface area (Å²) in [6.45, 7) is 5.08. The summed E-state index contributed by atoms with van der Waals surface area (Å²) in [5, 5.41) is 5.41. The van der Waals surface area contributed by atoms with Gasteiger partial charge in [-0.15, -0.1) is 0 Å². The van der Waals surface area contributed by atoms with Crippen LogP contribution in [-0.4, -0.2) is 29.9 Å². The lowest BCUT2D eigenvalue weighted by Crippen LogP contribution is -2.44. The SMILES string of the molecule is CC(C)CN1CC2=C(C1=O)C(c1cccc(F)c1)NC(=O)N2. The molecule has 0 fully saturated rings. The highest BCUT2D eigenvalue weighted by Gasteiger charge is 2.40. The van der Waals surface area contributed by atoms with E-state index in [1.807, 2.05) is 13.8 Å². The van der Waals surface area contributed by atoms with Gasteiger partial charge < -0.3 is 15.5 Å². The fourth-order valence-corrected chi connectivity index (χ4v) is 2.95. The molecule has 2 aliphatic rings. The summed E-state index contributed by atoms with van der Waals surface area (Å²) in [5.74, 6) is -0.163. The van der Waals surface area contributed by atoms with Crippen molar-refractivity contribution < 1.29 is 14.0 Å². The molecule has 0 spiro atoms. The Morgan fingerprint density at radius 2 is 2.14 bits per heavy atom. The molecule has 2 aliphatic heterocycles. The summed E-state index contributed by atoms with van der Waals surface area (Å²) in [6, 6.07) is 4.99. The Balaban J connectivity index is 1.96. The van der Waals surface area contributed by atoms with Gasteiger partial charge in [-0.25, -0.2) is 9.18 Å². The smallest absolute Gasteiger partial charge is 0.319 e. The van der Waals surface area contributed by atoms with Crippen molar-refractivity contribution in [3.63, 3.8) is 0 Å². The molecule has 0 aliphatic carbocycles. The Morgan fingerprint density at radius 3 is 2.82 bits per heavy atom. The summed E-state index contributed by atoms with van der Waals surface area (Å²) in [5.41, 5.74) is 1.69. The van der Waals surface area contributed by atoms with E-state index in [0.717, 1.165) is 0 Å². The summed E-state index contributed by atoms with van der Waals surface area (Å²) < 4.78 is 13.5. The number of carbonyl (C=O) groups is 2. The van der Waals surface area contributed by atoms with E-state index in [1.54, 1.807) is 17.0 Å². The largest absolute Gasteiger partial charge is 0.333 e. The molecule has 0 radical (unpaired) electrons. The number of amides is 3. The summed E-state index contributed by atoms with van der Waals surface area (Å²) in [6.07, 6.45) is 0. The van der Waals surface area contributed by atoms with Crippen LogP contribution in [0.4, 0.5) is 9.18 Å². The predicted molar refractivity (Wildman–Crippen MR) is 79.3 cm³/mol. The zero-order chi connectivity index (χ0) is 15.9. The van der Waals surface area contributed by atoms with Crippen molar-refractivity contribution in [2.75, 3.05) is 13.1 Å². The quantitative estimate of drug-likeness (QED) is 0.896. The average molecular weight is 303 g/mol. The zero-order valence-corrected chi connectivity index (χ0v) is 12.5.